The van der Waals surface area contributed by atoms with Crippen LogP contribution in [0.25, 0.3) is 0 Å². The van der Waals surface area contributed by atoms with Gasteiger partial charge in [-0.25, -0.2) is 0 Å². The summed E-state index contributed by atoms with van der Waals surface area (Å²) >= 11 is 2.10. The summed E-state index contributed by atoms with van der Waals surface area (Å²) in [5.74, 6) is 2.22. The van der Waals surface area contributed by atoms with Crippen LogP contribution in [0.15, 0.2) is 12.2 Å². The smallest absolute Gasteiger partial charge is 0.0564 e. The summed E-state index contributed by atoms with van der Waals surface area (Å²) in [6.07, 6.45) is 8.64. The molecule has 2 aliphatic rings. The molecule has 1 nitrogen and oxygen atoms in total. The van der Waals surface area contributed by atoms with E-state index in [9.17, 15) is 0 Å². The number of thioether (sulfide) groups is 1. The van der Waals surface area contributed by atoms with E-state index in [4.69, 9.17) is 0 Å². The van der Waals surface area contributed by atoms with Crippen LogP contribution in [0.3, 0.4) is 0 Å². The number of nitrogens with one attached hydrogen (secondary N) is 1. The maximum absolute atomic E-state index is 3.56. The Hall–Kier alpha value is 0.0500. The van der Waals surface area contributed by atoms with Crippen LogP contribution in [-0.2, 0) is 0 Å². The lowest BCUT2D eigenvalue weighted by molar-refractivity contribution is 0.429. The first-order valence-corrected chi connectivity index (χ1v) is 5.52. The first-order valence-electron chi connectivity index (χ1n) is 4.47. The highest BCUT2D eigenvalue weighted by Gasteiger charge is 2.24. The zero-order valence-electron chi connectivity index (χ0n) is 6.75. The van der Waals surface area contributed by atoms with E-state index in [-0.39, 0.29) is 0 Å². The molecule has 1 aliphatic heterocycles. The minimum Gasteiger partial charge on any atom is -0.304 e. The van der Waals surface area contributed by atoms with Crippen LogP contribution in [-0.4, -0.2) is 17.7 Å². The van der Waals surface area contributed by atoms with Gasteiger partial charge in [0.2, 0.25) is 0 Å². The molecule has 0 aromatic heterocycles. The van der Waals surface area contributed by atoms with Crippen LogP contribution in [0.5, 0.6) is 0 Å². The van der Waals surface area contributed by atoms with Crippen molar-refractivity contribution in [2.75, 3.05) is 12.3 Å². The number of hydrogen-bond acceptors (Lipinski definition) is 2. The lowest BCUT2D eigenvalue weighted by Gasteiger charge is -2.23. The van der Waals surface area contributed by atoms with E-state index in [1.165, 1.54) is 31.6 Å². The maximum atomic E-state index is 3.56. The molecule has 11 heavy (non-hydrogen) atoms. The molecule has 1 heterocycles. The van der Waals surface area contributed by atoms with Gasteiger partial charge >= 0.3 is 0 Å². The van der Waals surface area contributed by atoms with Crippen LogP contribution < -0.4 is 5.32 Å². The van der Waals surface area contributed by atoms with Crippen LogP contribution in [0.4, 0.5) is 0 Å². The molecule has 0 aromatic rings. The van der Waals surface area contributed by atoms with E-state index in [0.29, 0.717) is 0 Å². The summed E-state index contributed by atoms with van der Waals surface area (Å²) in [6, 6.07) is 0. The molecule has 62 valence electrons. The summed E-state index contributed by atoms with van der Waals surface area (Å²) < 4.78 is 0. The monoisotopic (exact) mass is 169 g/mol. The molecule has 0 aromatic carbocycles. The molecular formula is C9H15NS. The van der Waals surface area contributed by atoms with Crippen molar-refractivity contribution < 1.29 is 0 Å². The molecule has 1 N–H and O–H groups in total. The largest absolute Gasteiger partial charge is 0.304 e. The summed E-state index contributed by atoms with van der Waals surface area (Å²) in [6.45, 7) is 1.22. The Balaban J connectivity index is 1.88. The second-order valence-electron chi connectivity index (χ2n) is 3.29. The lowest BCUT2D eigenvalue weighted by Crippen LogP contribution is -2.28. The first-order chi connectivity index (χ1) is 5.47. The van der Waals surface area contributed by atoms with Crippen molar-refractivity contribution in [1.29, 1.82) is 0 Å². The Morgan fingerprint density at radius 2 is 2.36 bits per heavy atom. The van der Waals surface area contributed by atoms with E-state index in [1.807, 2.05) is 0 Å². The van der Waals surface area contributed by atoms with E-state index in [1.54, 1.807) is 0 Å². The number of rotatable bonds is 1. The summed E-state index contributed by atoms with van der Waals surface area (Å²) in [4.78, 5) is 0. The van der Waals surface area contributed by atoms with Gasteiger partial charge in [-0.3, -0.25) is 0 Å². The first kappa shape index (κ1) is 7.69. The fourth-order valence-electron chi connectivity index (χ4n) is 1.84. The Bertz CT molecular complexity index is 150. The highest BCUT2D eigenvalue weighted by atomic mass is 32.2. The Kier molecular flexibility index (Phi) is 2.54. The predicted octanol–water partition coefficient (Wildman–Crippen LogP) is 2.01. The summed E-state index contributed by atoms with van der Waals surface area (Å²) in [7, 11) is 0. The van der Waals surface area contributed by atoms with Crippen LogP contribution in [0.2, 0.25) is 0 Å². The van der Waals surface area contributed by atoms with Crippen molar-refractivity contribution in [2.45, 2.75) is 24.6 Å². The molecule has 0 spiro atoms. The Morgan fingerprint density at radius 1 is 1.36 bits per heavy atom. The van der Waals surface area contributed by atoms with Crippen molar-refractivity contribution >= 4 is 11.8 Å². The molecule has 1 aliphatic carbocycles. The molecule has 0 radical (unpaired) electrons. The van der Waals surface area contributed by atoms with Crippen molar-refractivity contribution in [2.24, 2.45) is 5.92 Å². The molecule has 0 saturated carbocycles. The third-order valence-electron chi connectivity index (χ3n) is 2.48. The van der Waals surface area contributed by atoms with Gasteiger partial charge in [-0.15, -0.1) is 11.8 Å². The number of hydrogen-bond donors (Lipinski definition) is 1. The Labute approximate surface area is 72.6 Å². The minimum atomic E-state index is 0.764. The third-order valence-corrected chi connectivity index (χ3v) is 3.83. The van der Waals surface area contributed by atoms with Gasteiger partial charge in [-0.1, -0.05) is 12.2 Å². The van der Waals surface area contributed by atoms with Crippen molar-refractivity contribution in [3.8, 4) is 0 Å². The normalized spacial score (nSPS) is 37.8. The van der Waals surface area contributed by atoms with Gasteiger partial charge in [0.15, 0.2) is 0 Å². The third kappa shape index (κ3) is 1.79. The van der Waals surface area contributed by atoms with Gasteiger partial charge in [-0.2, -0.15) is 0 Å². The average Bonchev–Trinajstić information content (AvgIpc) is 2.58. The zero-order chi connectivity index (χ0) is 7.52. The van der Waals surface area contributed by atoms with Crippen LogP contribution in [0.1, 0.15) is 19.3 Å². The molecular weight excluding hydrogens is 154 g/mol. The van der Waals surface area contributed by atoms with E-state index in [0.717, 1.165) is 11.3 Å². The van der Waals surface area contributed by atoms with Crippen LogP contribution >= 0.6 is 11.8 Å². The van der Waals surface area contributed by atoms with E-state index >= 15 is 0 Å². The highest BCUT2D eigenvalue weighted by Crippen LogP contribution is 2.30. The topological polar surface area (TPSA) is 12.0 Å². The van der Waals surface area contributed by atoms with Crippen molar-refractivity contribution in [1.82, 2.24) is 5.32 Å². The maximum Gasteiger partial charge on any atom is 0.0564 e. The highest BCUT2D eigenvalue weighted by molar-refractivity contribution is 8.00. The summed E-state index contributed by atoms with van der Waals surface area (Å²) in [5.41, 5.74) is 0. The fourth-order valence-corrected chi connectivity index (χ4v) is 3.09. The fraction of sp³-hybridized carbons (Fsp3) is 0.778. The SMILES string of the molecule is C1=CC[C@H]([C@H]2NCCS2)CC1. The molecule has 0 unspecified atom stereocenters. The van der Waals surface area contributed by atoms with Gasteiger partial charge < -0.3 is 5.32 Å². The molecule has 2 heteroatoms. The van der Waals surface area contributed by atoms with Gasteiger partial charge in [0.1, 0.15) is 0 Å². The quantitative estimate of drug-likeness (QED) is 0.603. The van der Waals surface area contributed by atoms with E-state index in [2.05, 4.69) is 29.2 Å². The standard InChI is InChI=1S/C9H15NS/c1-2-4-8(5-3-1)9-10-6-7-11-9/h1-2,8-10H,3-7H2/t8-,9-/m0/s1. The van der Waals surface area contributed by atoms with Crippen LogP contribution in [0, 0.1) is 5.92 Å². The number of allylic oxidation sites excluding steroid dienone is 2. The minimum absolute atomic E-state index is 0.764. The van der Waals surface area contributed by atoms with Gasteiger partial charge in [-0.05, 0) is 25.2 Å². The van der Waals surface area contributed by atoms with Crippen molar-refractivity contribution in [3.63, 3.8) is 0 Å². The second kappa shape index (κ2) is 3.63. The molecule has 2 atom stereocenters. The van der Waals surface area contributed by atoms with Crippen molar-refractivity contribution in [3.05, 3.63) is 12.2 Å². The molecule has 0 amide bonds. The lowest BCUT2D eigenvalue weighted by atomic mass is 9.94. The van der Waals surface area contributed by atoms with Gasteiger partial charge in [0.05, 0.1) is 5.37 Å². The molecule has 2 rings (SSSR count). The molecule has 1 saturated heterocycles. The second-order valence-corrected chi connectivity index (χ2v) is 4.54. The van der Waals surface area contributed by atoms with E-state index < -0.39 is 0 Å². The molecule has 1 fully saturated rings. The van der Waals surface area contributed by atoms with Gasteiger partial charge in [0, 0.05) is 12.3 Å². The molecule has 0 bridgehead atoms. The van der Waals surface area contributed by atoms with Gasteiger partial charge in [0.25, 0.3) is 0 Å². The predicted molar refractivity (Wildman–Crippen MR) is 50.7 cm³/mol. The Morgan fingerprint density at radius 3 is 3.00 bits per heavy atom. The zero-order valence-corrected chi connectivity index (χ0v) is 7.57. The average molecular weight is 169 g/mol. The summed E-state index contributed by atoms with van der Waals surface area (Å²) in [5, 5.41) is 4.32.